The Balaban J connectivity index is 1.07. The number of carbonyl (C=O) groups is 5. The molecule has 0 bridgehead atoms. The highest BCUT2D eigenvalue weighted by Gasteiger charge is 2.45. The summed E-state index contributed by atoms with van der Waals surface area (Å²) in [6, 6.07) is 22.4. The third-order valence-electron chi connectivity index (χ3n) is 10.1. The van der Waals surface area contributed by atoms with E-state index in [0.29, 0.717) is 38.8 Å². The topological polar surface area (TPSA) is 136 Å². The lowest BCUT2D eigenvalue weighted by atomic mass is 10.0. The van der Waals surface area contributed by atoms with Crippen LogP contribution >= 0.6 is 0 Å². The van der Waals surface area contributed by atoms with Gasteiger partial charge in [-0.3, -0.25) is 19.2 Å². The largest absolute Gasteiger partial charge is 0.478 e. The Morgan fingerprint density at radius 2 is 1.09 bits per heavy atom. The molecule has 7 rings (SSSR count). The second-order valence-electron chi connectivity index (χ2n) is 13.1. The molecule has 2 aliphatic carbocycles. The molecular weight excluding hydrogens is 596 g/mol. The van der Waals surface area contributed by atoms with E-state index in [1.54, 1.807) is 0 Å². The summed E-state index contributed by atoms with van der Waals surface area (Å²) in [7, 11) is 0. The lowest BCUT2D eigenvalue weighted by molar-refractivity contribution is -0.125. The van der Waals surface area contributed by atoms with Gasteiger partial charge in [-0.2, -0.15) is 0 Å². The molecule has 2 saturated carbocycles. The van der Waals surface area contributed by atoms with Crippen molar-refractivity contribution in [2.75, 3.05) is 13.1 Å². The van der Waals surface area contributed by atoms with Crippen LogP contribution < -0.4 is 10.6 Å². The zero-order valence-electron chi connectivity index (χ0n) is 26.0. The van der Waals surface area contributed by atoms with Gasteiger partial charge in [-0.05, 0) is 67.9 Å². The van der Waals surface area contributed by atoms with Crippen LogP contribution in [0.4, 0.5) is 0 Å². The number of nitrogens with one attached hydrogen (secondary N) is 2. The van der Waals surface area contributed by atoms with Gasteiger partial charge in [0.15, 0.2) is 0 Å². The van der Waals surface area contributed by atoms with Gasteiger partial charge in [0, 0.05) is 37.0 Å². The molecule has 10 heteroatoms. The molecular formula is C37H38N4O6. The van der Waals surface area contributed by atoms with Crippen LogP contribution in [0.2, 0.25) is 0 Å². The summed E-state index contributed by atoms with van der Waals surface area (Å²) in [5.74, 6) is -2.28. The van der Waals surface area contributed by atoms with E-state index in [0.717, 1.165) is 18.4 Å². The number of nitrogens with zero attached hydrogens (tertiary/aromatic N) is 2. The number of rotatable bonds is 9. The first-order valence-corrected chi connectivity index (χ1v) is 16.5. The van der Waals surface area contributed by atoms with E-state index in [1.807, 2.05) is 60.7 Å². The predicted octanol–water partition coefficient (Wildman–Crippen LogP) is 3.94. The van der Waals surface area contributed by atoms with Crippen LogP contribution in [-0.4, -0.2) is 81.8 Å². The molecule has 2 heterocycles. The molecule has 2 unspecified atom stereocenters. The maximum Gasteiger partial charge on any atom is 0.335 e. The van der Waals surface area contributed by atoms with Gasteiger partial charge in [-0.15, -0.1) is 0 Å². The highest BCUT2D eigenvalue weighted by Crippen LogP contribution is 2.42. The molecule has 3 N–H and O–H groups in total. The highest BCUT2D eigenvalue weighted by molar-refractivity contribution is 6.10. The number of carboxylic acids is 1. The normalized spacial score (nSPS) is 26.0. The van der Waals surface area contributed by atoms with Crippen molar-refractivity contribution in [3.63, 3.8) is 0 Å². The third kappa shape index (κ3) is 6.24. The molecule has 0 spiro atoms. The summed E-state index contributed by atoms with van der Waals surface area (Å²) >= 11 is 0. The first kappa shape index (κ1) is 30.7. The number of hydrogen-bond donors (Lipinski definition) is 3. The van der Waals surface area contributed by atoms with Crippen molar-refractivity contribution in [3.8, 4) is 0 Å². The average Bonchev–Trinajstić information content (AvgIpc) is 3.90. The fourth-order valence-electron chi connectivity index (χ4n) is 7.32. The molecule has 4 fully saturated rings. The molecule has 2 aliphatic heterocycles. The molecule has 3 aromatic rings. The Kier molecular flexibility index (Phi) is 8.26. The number of carboxylic acid groups (broad SMARTS) is 1. The van der Waals surface area contributed by atoms with Crippen LogP contribution in [-0.2, 0) is 9.59 Å². The quantitative estimate of drug-likeness (QED) is 0.326. The Morgan fingerprint density at radius 1 is 0.617 bits per heavy atom. The fourth-order valence-corrected chi connectivity index (χ4v) is 7.32. The summed E-state index contributed by atoms with van der Waals surface area (Å²) in [4.78, 5) is 69.9. The second-order valence-corrected chi connectivity index (χ2v) is 13.1. The number of likely N-dealkylation sites (tertiary alicyclic amines) is 2. The second kappa shape index (κ2) is 12.7. The summed E-state index contributed by atoms with van der Waals surface area (Å²) in [5.41, 5.74) is 2.16. The minimum absolute atomic E-state index is 0.00583. The molecule has 0 aromatic heterocycles. The molecule has 2 saturated heterocycles. The van der Waals surface area contributed by atoms with Crippen molar-refractivity contribution in [2.45, 2.75) is 74.5 Å². The van der Waals surface area contributed by atoms with Crippen LogP contribution in [0.3, 0.4) is 0 Å². The van der Waals surface area contributed by atoms with E-state index in [1.165, 1.54) is 33.6 Å². The first-order chi connectivity index (χ1) is 22.8. The van der Waals surface area contributed by atoms with Crippen molar-refractivity contribution in [1.82, 2.24) is 20.4 Å². The van der Waals surface area contributed by atoms with Crippen molar-refractivity contribution >= 4 is 29.6 Å². The molecule has 4 aliphatic rings. The summed E-state index contributed by atoms with van der Waals surface area (Å²) in [6.07, 6.45) is 3.88. The van der Waals surface area contributed by atoms with Crippen LogP contribution in [0.1, 0.15) is 92.6 Å². The lowest BCUT2D eigenvalue weighted by Gasteiger charge is -2.27. The average molecular weight is 635 g/mol. The SMILES string of the molecule is O=C(O)c1ccc(C(=O)N2CCCC2C(=O)N[C@H]2C[C@@H]2c2ccccc2)c(C(=O)N2CCCC2C(=O)N[C@H]2C[C@@H]2c2ccccc2)c1. The Bertz CT molecular complexity index is 1710. The maximum atomic E-state index is 14.1. The summed E-state index contributed by atoms with van der Waals surface area (Å²) in [5, 5.41) is 15.9. The number of carbonyl (C=O) groups excluding carboxylic acids is 4. The van der Waals surface area contributed by atoms with Crippen LogP contribution in [0.15, 0.2) is 78.9 Å². The first-order valence-electron chi connectivity index (χ1n) is 16.5. The van der Waals surface area contributed by atoms with E-state index < -0.39 is 29.9 Å². The summed E-state index contributed by atoms with van der Waals surface area (Å²) < 4.78 is 0. The lowest BCUT2D eigenvalue weighted by Crippen LogP contribution is -2.48. The minimum atomic E-state index is -1.23. The summed E-state index contributed by atoms with van der Waals surface area (Å²) in [6.45, 7) is 0.657. The molecule has 3 aromatic carbocycles. The van der Waals surface area contributed by atoms with Gasteiger partial charge in [-0.1, -0.05) is 60.7 Å². The van der Waals surface area contributed by atoms with Crippen molar-refractivity contribution in [1.29, 1.82) is 0 Å². The predicted molar refractivity (Wildman–Crippen MR) is 173 cm³/mol. The molecule has 4 amide bonds. The van der Waals surface area contributed by atoms with E-state index in [4.69, 9.17) is 0 Å². The van der Waals surface area contributed by atoms with Crippen LogP contribution in [0, 0.1) is 0 Å². The molecule has 242 valence electrons. The Hall–Kier alpha value is -4.99. The van der Waals surface area contributed by atoms with Gasteiger partial charge in [-0.25, -0.2) is 4.79 Å². The maximum absolute atomic E-state index is 14.1. The number of amides is 4. The number of hydrogen-bond acceptors (Lipinski definition) is 5. The van der Waals surface area contributed by atoms with Gasteiger partial charge in [0.2, 0.25) is 11.8 Å². The van der Waals surface area contributed by atoms with Gasteiger partial charge in [0.1, 0.15) is 12.1 Å². The Labute approximate surface area is 273 Å². The smallest absolute Gasteiger partial charge is 0.335 e. The molecule has 0 radical (unpaired) electrons. The zero-order chi connectivity index (χ0) is 32.7. The number of aromatic carboxylic acids is 1. The monoisotopic (exact) mass is 634 g/mol. The highest BCUT2D eigenvalue weighted by atomic mass is 16.4. The standard InChI is InChI=1S/C37H38N4O6/c42-33(38-29-20-26(29)22-9-3-1-4-10-22)31-13-7-17-40(31)35(44)25-16-15-24(37(46)47)19-28(25)36(45)41-18-8-14-32(41)34(43)39-30-21-27(30)23-11-5-2-6-12-23/h1-6,9-12,15-16,19,26-27,29-32H,7-8,13-14,17-18,20-21H2,(H,38,42)(H,39,43)(H,46,47)/t26-,27-,29+,30+,31?,32?/m1/s1. The minimum Gasteiger partial charge on any atom is -0.478 e. The third-order valence-corrected chi connectivity index (χ3v) is 10.1. The van der Waals surface area contributed by atoms with E-state index in [-0.39, 0.29) is 52.4 Å². The van der Waals surface area contributed by atoms with Gasteiger partial charge < -0.3 is 25.5 Å². The number of benzene rings is 3. The van der Waals surface area contributed by atoms with E-state index in [9.17, 15) is 29.1 Å². The molecule has 47 heavy (non-hydrogen) atoms. The molecule has 10 nitrogen and oxygen atoms in total. The van der Waals surface area contributed by atoms with Crippen LogP contribution in [0.5, 0.6) is 0 Å². The van der Waals surface area contributed by atoms with Crippen molar-refractivity contribution < 1.29 is 29.1 Å². The van der Waals surface area contributed by atoms with Gasteiger partial charge in [0.25, 0.3) is 11.8 Å². The van der Waals surface area contributed by atoms with Crippen LogP contribution in [0.25, 0.3) is 0 Å². The van der Waals surface area contributed by atoms with Gasteiger partial charge >= 0.3 is 5.97 Å². The van der Waals surface area contributed by atoms with Crippen molar-refractivity contribution in [3.05, 3.63) is 107 Å². The molecule has 6 atom stereocenters. The zero-order valence-corrected chi connectivity index (χ0v) is 26.0. The van der Waals surface area contributed by atoms with Gasteiger partial charge in [0.05, 0.1) is 16.7 Å². The van der Waals surface area contributed by atoms with E-state index in [2.05, 4.69) is 10.6 Å². The Morgan fingerprint density at radius 3 is 1.55 bits per heavy atom. The van der Waals surface area contributed by atoms with Crippen molar-refractivity contribution in [2.24, 2.45) is 0 Å². The fraction of sp³-hybridized carbons (Fsp3) is 0.378. The van der Waals surface area contributed by atoms with E-state index >= 15 is 0 Å².